The van der Waals surface area contributed by atoms with Crippen LogP contribution < -0.4 is 20.3 Å². The van der Waals surface area contributed by atoms with E-state index in [1.54, 1.807) is 24.9 Å². The molecule has 3 aromatic rings. The van der Waals surface area contributed by atoms with E-state index in [4.69, 9.17) is 9.47 Å². The molecule has 0 aliphatic carbocycles. The van der Waals surface area contributed by atoms with Crippen molar-refractivity contribution in [1.29, 1.82) is 0 Å². The van der Waals surface area contributed by atoms with Gasteiger partial charge in [-0.15, -0.1) is 0 Å². The van der Waals surface area contributed by atoms with Gasteiger partial charge in [0.2, 0.25) is 5.91 Å². The molecule has 1 amide bonds. The van der Waals surface area contributed by atoms with E-state index < -0.39 is 0 Å². The predicted octanol–water partition coefficient (Wildman–Crippen LogP) is 2.69. The molecule has 0 radical (unpaired) electrons. The average molecular weight is 413 g/mol. The Morgan fingerprint density at radius 1 is 1.14 bits per heavy atom. The van der Waals surface area contributed by atoms with Crippen molar-refractivity contribution < 1.29 is 14.3 Å². The maximum atomic E-state index is 13.2. The standard InChI is InChI=1S/C21H23N3O4S/c1-14(25)22-10-11-29-21-23-17-7-5-4-6-16(17)20(26)24(21)13-15-8-9-18(27-2)19(12-15)28-3/h4-9,12H,10-11,13H2,1-3H3,(H,22,25). The summed E-state index contributed by atoms with van der Waals surface area (Å²) in [7, 11) is 3.16. The predicted molar refractivity (Wildman–Crippen MR) is 114 cm³/mol. The maximum absolute atomic E-state index is 13.2. The van der Waals surface area contributed by atoms with Crippen LogP contribution in [0.1, 0.15) is 12.5 Å². The lowest BCUT2D eigenvalue weighted by atomic mass is 10.2. The Labute approximate surface area is 173 Å². The number of nitrogens with one attached hydrogen (secondary N) is 1. The fourth-order valence-corrected chi connectivity index (χ4v) is 3.78. The van der Waals surface area contributed by atoms with Gasteiger partial charge in [0.25, 0.3) is 5.56 Å². The van der Waals surface area contributed by atoms with Gasteiger partial charge in [-0.2, -0.15) is 0 Å². The lowest BCUT2D eigenvalue weighted by Gasteiger charge is -2.15. The van der Waals surface area contributed by atoms with Gasteiger partial charge in [0.15, 0.2) is 16.7 Å². The van der Waals surface area contributed by atoms with Gasteiger partial charge in [-0.05, 0) is 29.8 Å². The molecule has 0 atom stereocenters. The van der Waals surface area contributed by atoms with Gasteiger partial charge in [0, 0.05) is 19.2 Å². The molecule has 0 bridgehead atoms. The van der Waals surface area contributed by atoms with Crippen molar-refractivity contribution >= 4 is 28.6 Å². The highest BCUT2D eigenvalue weighted by Crippen LogP contribution is 2.28. The number of aromatic nitrogens is 2. The van der Waals surface area contributed by atoms with Crippen LogP contribution in [0.4, 0.5) is 0 Å². The number of thioether (sulfide) groups is 1. The summed E-state index contributed by atoms with van der Waals surface area (Å²) in [5.74, 6) is 1.76. The summed E-state index contributed by atoms with van der Waals surface area (Å²) < 4.78 is 12.3. The molecule has 3 rings (SSSR count). The van der Waals surface area contributed by atoms with E-state index in [1.807, 2.05) is 36.4 Å². The Balaban J connectivity index is 1.98. The summed E-state index contributed by atoms with van der Waals surface area (Å²) in [6, 6.07) is 12.9. The molecule has 0 aliphatic rings. The van der Waals surface area contributed by atoms with E-state index >= 15 is 0 Å². The van der Waals surface area contributed by atoms with E-state index in [-0.39, 0.29) is 11.5 Å². The summed E-state index contributed by atoms with van der Waals surface area (Å²) in [6.45, 7) is 2.32. The molecule has 0 spiro atoms. The largest absolute Gasteiger partial charge is 0.493 e. The van der Waals surface area contributed by atoms with Crippen molar-refractivity contribution in [2.24, 2.45) is 0 Å². The molecule has 0 saturated carbocycles. The monoisotopic (exact) mass is 413 g/mol. The van der Waals surface area contributed by atoms with Crippen molar-refractivity contribution in [2.75, 3.05) is 26.5 Å². The van der Waals surface area contributed by atoms with Crippen molar-refractivity contribution in [3.05, 3.63) is 58.4 Å². The van der Waals surface area contributed by atoms with E-state index in [9.17, 15) is 9.59 Å². The van der Waals surface area contributed by atoms with E-state index in [1.165, 1.54) is 18.7 Å². The minimum atomic E-state index is -0.104. The van der Waals surface area contributed by atoms with Gasteiger partial charge in [0.05, 0.1) is 31.7 Å². The van der Waals surface area contributed by atoms with Crippen LogP contribution in [0.5, 0.6) is 11.5 Å². The number of hydrogen-bond donors (Lipinski definition) is 1. The molecule has 0 unspecified atom stereocenters. The van der Waals surface area contributed by atoms with Gasteiger partial charge >= 0.3 is 0 Å². The minimum absolute atomic E-state index is 0.0835. The number of rotatable bonds is 8. The van der Waals surface area contributed by atoms with Crippen LogP contribution in [0.25, 0.3) is 10.9 Å². The number of ether oxygens (including phenoxy) is 2. The average Bonchev–Trinajstić information content (AvgIpc) is 2.73. The Kier molecular flexibility index (Phi) is 6.77. The smallest absolute Gasteiger partial charge is 0.262 e. The van der Waals surface area contributed by atoms with Crippen molar-refractivity contribution in [3.8, 4) is 11.5 Å². The number of carbonyl (C=O) groups is 1. The summed E-state index contributed by atoms with van der Waals surface area (Å²) in [6.07, 6.45) is 0. The van der Waals surface area contributed by atoms with Crippen LogP contribution in [-0.2, 0) is 11.3 Å². The van der Waals surface area contributed by atoms with Gasteiger partial charge in [-0.25, -0.2) is 4.98 Å². The van der Waals surface area contributed by atoms with Crippen LogP contribution in [0, 0.1) is 0 Å². The van der Waals surface area contributed by atoms with Gasteiger partial charge in [0.1, 0.15) is 0 Å². The molecular formula is C21H23N3O4S. The number of fused-ring (bicyclic) bond motifs is 1. The molecule has 29 heavy (non-hydrogen) atoms. The zero-order valence-corrected chi connectivity index (χ0v) is 17.4. The molecule has 0 fully saturated rings. The number of para-hydroxylation sites is 1. The first kappa shape index (κ1) is 20.7. The van der Waals surface area contributed by atoms with E-state index in [0.29, 0.717) is 46.4 Å². The van der Waals surface area contributed by atoms with E-state index in [0.717, 1.165) is 5.56 Å². The Bertz CT molecular complexity index is 1080. The van der Waals surface area contributed by atoms with Crippen molar-refractivity contribution in [2.45, 2.75) is 18.6 Å². The second-order valence-electron chi connectivity index (χ2n) is 6.32. The Morgan fingerprint density at radius 2 is 1.90 bits per heavy atom. The highest BCUT2D eigenvalue weighted by molar-refractivity contribution is 7.99. The number of hydrogen-bond acceptors (Lipinski definition) is 6. The van der Waals surface area contributed by atoms with Crippen LogP contribution in [-0.4, -0.2) is 42.0 Å². The SMILES string of the molecule is COc1ccc(Cn2c(SCCNC(C)=O)nc3ccccc3c2=O)cc1OC. The maximum Gasteiger partial charge on any atom is 0.262 e. The summed E-state index contributed by atoms with van der Waals surface area (Å²) >= 11 is 1.44. The number of nitrogens with zero attached hydrogens (tertiary/aromatic N) is 2. The second kappa shape index (κ2) is 9.47. The third-order valence-electron chi connectivity index (χ3n) is 4.32. The Morgan fingerprint density at radius 3 is 2.62 bits per heavy atom. The third-order valence-corrected chi connectivity index (χ3v) is 5.30. The highest BCUT2D eigenvalue weighted by atomic mass is 32.2. The molecule has 152 valence electrons. The molecule has 7 nitrogen and oxygen atoms in total. The van der Waals surface area contributed by atoms with Crippen LogP contribution >= 0.6 is 11.8 Å². The molecule has 2 aromatic carbocycles. The molecule has 1 heterocycles. The highest BCUT2D eigenvalue weighted by Gasteiger charge is 2.13. The molecule has 1 aromatic heterocycles. The van der Waals surface area contributed by atoms with E-state index in [2.05, 4.69) is 10.3 Å². The van der Waals surface area contributed by atoms with Crippen LogP contribution in [0.15, 0.2) is 52.4 Å². The van der Waals surface area contributed by atoms with Gasteiger partial charge in [-0.3, -0.25) is 14.2 Å². The molecule has 8 heteroatoms. The lowest BCUT2D eigenvalue weighted by molar-refractivity contribution is -0.118. The number of benzene rings is 2. The normalized spacial score (nSPS) is 10.7. The van der Waals surface area contributed by atoms with Crippen molar-refractivity contribution in [3.63, 3.8) is 0 Å². The second-order valence-corrected chi connectivity index (χ2v) is 7.39. The number of carbonyl (C=O) groups excluding carboxylic acids is 1. The van der Waals surface area contributed by atoms with Crippen molar-refractivity contribution in [1.82, 2.24) is 14.9 Å². The molecule has 0 saturated heterocycles. The quantitative estimate of drug-likeness (QED) is 0.347. The summed E-state index contributed by atoms with van der Waals surface area (Å²) in [4.78, 5) is 28.9. The Hall–Kier alpha value is -3.00. The third kappa shape index (κ3) is 4.89. The fourth-order valence-electron chi connectivity index (χ4n) is 2.93. The first-order chi connectivity index (χ1) is 14.0. The molecular weight excluding hydrogens is 390 g/mol. The molecule has 1 N–H and O–H groups in total. The first-order valence-electron chi connectivity index (χ1n) is 9.11. The molecule has 0 aliphatic heterocycles. The lowest BCUT2D eigenvalue weighted by Crippen LogP contribution is -2.25. The summed E-state index contributed by atoms with van der Waals surface area (Å²) in [5.41, 5.74) is 1.45. The van der Waals surface area contributed by atoms with Gasteiger partial charge < -0.3 is 14.8 Å². The topological polar surface area (TPSA) is 82.5 Å². The first-order valence-corrected chi connectivity index (χ1v) is 10.1. The number of methoxy groups -OCH3 is 2. The number of amides is 1. The summed E-state index contributed by atoms with van der Waals surface area (Å²) in [5, 5.41) is 3.93. The zero-order chi connectivity index (χ0) is 20.8. The zero-order valence-electron chi connectivity index (χ0n) is 16.6. The van der Waals surface area contributed by atoms with Crippen LogP contribution in [0.2, 0.25) is 0 Å². The fraction of sp³-hybridized carbons (Fsp3) is 0.286. The van der Waals surface area contributed by atoms with Gasteiger partial charge in [-0.1, -0.05) is 30.0 Å². The minimum Gasteiger partial charge on any atom is -0.493 e. The van der Waals surface area contributed by atoms with Crippen LogP contribution in [0.3, 0.4) is 0 Å².